The van der Waals surface area contributed by atoms with Crippen molar-refractivity contribution in [2.45, 2.75) is 52.1 Å². The highest BCUT2D eigenvalue weighted by atomic mass is 19.4. The van der Waals surface area contributed by atoms with Gasteiger partial charge in [0.25, 0.3) is 0 Å². The lowest BCUT2D eigenvalue weighted by atomic mass is 9.90. The van der Waals surface area contributed by atoms with Crippen molar-refractivity contribution in [2.75, 3.05) is 13.1 Å². The van der Waals surface area contributed by atoms with Crippen LogP contribution in [0.25, 0.3) is 5.65 Å². The fourth-order valence-corrected chi connectivity index (χ4v) is 3.96. The number of aryl methyl sites for hydroxylation is 1. The number of hydrogen-bond donors (Lipinski definition) is 0. The summed E-state index contributed by atoms with van der Waals surface area (Å²) in [7, 11) is 0. The fraction of sp³-hybridized carbons (Fsp3) is 0.417. The predicted molar refractivity (Wildman–Crippen MR) is 115 cm³/mol. The van der Waals surface area contributed by atoms with Crippen molar-refractivity contribution in [1.82, 2.24) is 14.3 Å². The van der Waals surface area contributed by atoms with Crippen molar-refractivity contribution in [1.29, 1.82) is 0 Å². The van der Waals surface area contributed by atoms with Crippen LogP contribution < -0.4 is 0 Å². The molecule has 0 radical (unpaired) electrons. The zero-order valence-corrected chi connectivity index (χ0v) is 18.1. The van der Waals surface area contributed by atoms with Crippen molar-refractivity contribution in [3.63, 3.8) is 0 Å². The highest BCUT2D eigenvalue weighted by molar-refractivity contribution is 5.77. The molecule has 0 N–H and O–H groups in total. The molecule has 31 heavy (non-hydrogen) atoms. The number of fused-ring (bicyclic) bond motifs is 1. The number of nitrogens with zero attached hydrogens (tertiary/aromatic N) is 3. The van der Waals surface area contributed by atoms with E-state index in [-0.39, 0.29) is 12.3 Å². The Kier molecular flexibility index (Phi) is 7.03. The number of hydrogen-bond acceptors (Lipinski definition) is 2. The molecule has 0 saturated heterocycles. The maximum absolute atomic E-state index is 13.4. The normalized spacial score (nSPS) is 12.8. The number of aromatic nitrogens is 2. The largest absolute Gasteiger partial charge is 0.416 e. The van der Waals surface area contributed by atoms with E-state index in [0.29, 0.717) is 24.3 Å². The molecule has 2 heterocycles. The summed E-state index contributed by atoms with van der Waals surface area (Å²) >= 11 is 0. The van der Waals surface area contributed by atoms with Crippen LogP contribution >= 0.6 is 0 Å². The van der Waals surface area contributed by atoms with Gasteiger partial charge in [0.15, 0.2) is 0 Å². The molecule has 0 spiro atoms. The Morgan fingerprint density at radius 3 is 2.48 bits per heavy atom. The first-order chi connectivity index (χ1) is 14.8. The molecule has 1 atom stereocenters. The van der Waals surface area contributed by atoms with E-state index in [2.05, 4.69) is 4.98 Å². The minimum absolute atomic E-state index is 0.0614. The first-order valence-electron chi connectivity index (χ1n) is 10.6. The number of imidazole rings is 1. The van der Waals surface area contributed by atoms with E-state index in [4.69, 9.17) is 0 Å². The van der Waals surface area contributed by atoms with Crippen LogP contribution in [0.1, 0.15) is 61.4 Å². The van der Waals surface area contributed by atoms with Gasteiger partial charge >= 0.3 is 6.18 Å². The summed E-state index contributed by atoms with van der Waals surface area (Å²) in [6, 6.07) is 9.07. The molecule has 0 fully saturated rings. The summed E-state index contributed by atoms with van der Waals surface area (Å²) < 4.78 is 42.0. The average Bonchev–Trinajstić information content (AvgIpc) is 3.16. The fourth-order valence-electron chi connectivity index (χ4n) is 3.96. The van der Waals surface area contributed by atoms with Gasteiger partial charge in [0.05, 0.1) is 11.3 Å². The van der Waals surface area contributed by atoms with Gasteiger partial charge in [0.1, 0.15) is 5.65 Å². The van der Waals surface area contributed by atoms with Crippen LogP contribution in [0.5, 0.6) is 0 Å². The first kappa shape index (κ1) is 22.8. The first-order valence-corrected chi connectivity index (χ1v) is 10.6. The Balaban J connectivity index is 2.08. The van der Waals surface area contributed by atoms with Gasteiger partial charge in [-0.1, -0.05) is 38.1 Å². The maximum atomic E-state index is 13.4. The standard InChI is InChI=1S/C24H28F3N3O/c1-4-11-29(12-5-2)22(31)15-20(18-9-6-10-19(14-18)24(25,26)27)21-16-28-23-17(3)8-7-13-30(21)23/h6-10,13-14,16,20H,4-5,11-12,15H2,1-3H3. The molecule has 1 amide bonds. The second kappa shape index (κ2) is 9.54. The number of amides is 1. The van der Waals surface area contributed by atoms with E-state index in [1.807, 2.05) is 43.5 Å². The van der Waals surface area contributed by atoms with E-state index < -0.39 is 17.7 Å². The van der Waals surface area contributed by atoms with Crippen molar-refractivity contribution >= 4 is 11.6 Å². The molecule has 0 aliphatic heterocycles. The number of pyridine rings is 1. The molecule has 2 aromatic heterocycles. The van der Waals surface area contributed by atoms with Crippen molar-refractivity contribution in [3.8, 4) is 0 Å². The van der Waals surface area contributed by atoms with Gasteiger partial charge in [-0.2, -0.15) is 13.2 Å². The van der Waals surface area contributed by atoms with Gasteiger partial charge in [0.2, 0.25) is 5.91 Å². The SMILES string of the molecule is CCCN(CCC)C(=O)CC(c1cccc(C(F)(F)F)c1)c1cnc2c(C)cccn12. The van der Waals surface area contributed by atoms with Crippen molar-refractivity contribution in [3.05, 3.63) is 71.2 Å². The number of rotatable bonds is 8. The van der Waals surface area contributed by atoms with E-state index in [9.17, 15) is 18.0 Å². The molecule has 7 heteroatoms. The Hall–Kier alpha value is -2.83. The highest BCUT2D eigenvalue weighted by Crippen LogP contribution is 2.35. The second-order valence-electron chi connectivity index (χ2n) is 7.83. The number of alkyl halides is 3. The van der Waals surface area contributed by atoms with Crippen LogP contribution in [0.4, 0.5) is 13.2 Å². The topological polar surface area (TPSA) is 37.6 Å². The molecule has 4 nitrogen and oxygen atoms in total. The zero-order valence-electron chi connectivity index (χ0n) is 18.1. The molecule has 3 rings (SSSR count). The Morgan fingerprint density at radius 2 is 1.84 bits per heavy atom. The minimum Gasteiger partial charge on any atom is -0.343 e. The summed E-state index contributed by atoms with van der Waals surface area (Å²) in [5.41, 5.74) is 2.15. The molecule has 1 unspecified atom stereocenters. The van der Waals surface area contributed by atoms with Crippen LogP contribution in [0.2, 0.25) is 0 Å². The lowest BCUT2D eigenvalue weighted by Gasteiger charge is -2.25. The third kappa shape index (κ3) is 5.09. The van der Waals surface area contributed by atoms with E-state index >= 15 is 0 Å². The molecule has 0 saturated carbocycles. The number of benzene rings is 1. The minimum atomic E-state index is -4.45. The van der Waals surface area contributed by atoms with E-state index in [1.165, 1.54) is 6.07 Å². The van der Waals surface area contributed by atoms with Gasteiger partial charge in [-0.25, -0.2) is 4.98 Å². The van der Waals surface area contributed by atoms with Gasteiger partial charge in [-0.3, -0.25) is 4.79 Å². The Labute approximate surface area is 180 Å². The van der Waals surface area contributed by atoms with Crippen LogP contribution in [-0.4, -0.2) is 33.3 Å². The summed E-state index contributed by atoms with van der Waals surface area (Å²) in [6.07, 6.45) is 0.805. The second-order valence-corrected chi connectivity index (χ2v) is 7.83. The summed E-state index contributed by atoms with van der Waals surface area (Å²) in [4.78, 5) is 19.4. The van der Waals surface area contributed by atoms with E-state index in [0.717, 1.165) is 36.2 Å². The summed E-state index contributed by atoms with van der Waals surface area (Å²) in [5.74, 6) is -0.600. The summed E-state index contributed by atoms with van der Waals surface area (Å²) in [5, 5.41) is 0. The molecule has 0 aliphatic carbocycles. The monoisotopic (exact) mass is 431 g/mol. The average molecular weight is 432 g/mol. The Bertz CT molecular complexity index is 1040. The molecule has 1 aromatic carbocycles. The number of carbonyl (C=O) groups is 1. The van der Waals surface area contributed by atoms with Crippen LogP contribution in [0, 0.1) is 6.92 Å². The molecule has 166 valence electrons. The lowest BCUT2D eigenvalue weighted by molar-refractivity contribution is -0.137. The zero-order chi connectivity index (χ0) is 22.6. The van der Waals surface area contributed by atoms with Gasteiger partial charge < -0.3 is 9.30 Å². The predicted octanol–water partition coefficient (Wildman–Crippen LogP) is 5.83. The molecule has 0 aliphatic rings. The number of carbonyl (C=O) groups excluding carboxylic acids is 1. The Morgan fingerprint density at radius 1 is 1.13 bits per heavy atom. The molecule has 0 bridgehead atoms. The lowest BCUT2D eigenvalue weighted by Crippen LogP contribution is -2.33. The number of halogens is 3. The molecule has 3 aromatic rings. The highest BCUT2D eigenvalue weighted by Gasteiger charge is 2.32. The van der Waals surface area contributed by atoms with Crippen molar-refractivity contribution < 1.29 is 18.0 Å². The molecular weight excluding hydrogens is 403 g/mol. The third-order valence-electron chi connectivity index (χ3n) is 5.45. The smallest absolute Gasteiger partial charge is 0.343 e. The maximum Gasteiger partial charge on any atom is 0.416 e. The quantitative estimate of drug-likeness (QED) is 0.450. The van der Waals surface area contributed by atoms with Crippen LogP contribution in [0.15, 0.2) is 48.8 Å². The van der Waals surface area contributed by atoms with Gasteiger partial charge in [0, 0.05) is 37.8 Å². The molecular formula is C24H28F3N3O. The summed E-state index contributed by atoms with van der Waals surface area (Å²) in [6.45, 7) is 7.21. The van der Waals surface area contributed by atoms with Crippen molar-refractivity contribution in [2.24, 2.45) is 0 Å². The van der Waals surface area contributed by atoms with E-state index in [1.54, 1.807) is 17.2 Å². The third-order valence-corrected chi connectivity index (χ3v) is 5.45. The van der Waals surface area contributed by atoms with Crippen LogP contribution in [0.3, 0.4) is 0 Å². The van der Waals surface area contributed by atoms with Gasteiger partial charge in [-0.15, -0.1) is 0 Å². The van der Waals surface area contributed by atoms with Gasteiger partial charge in [-0.05, 0) is 43.0 Å². The van der Waals surface area contributed by atoms with Crippen LogP contribution in [-0.2, 0) is 11.0 Å².